The van der Waals surface area contributed by atoms with Crippen molar-refractivity contribution in [1.82, 2.24) is 19.7 Å². The molecule has 3 aromatic rings. The fraction of sp³-hybridized carbons (Fsp3) is 0.143. The SMILES string of the molecule is Cc1ccc(-n2ncc3c(NN)nc(CC#N)nc32)cc1. The van der Waals surface area contributed by atoms with E-state index in [2.05, 4.69) is 20.5 Å². The van der Waals surface area contributed by atoms with E-state index >= 15 is 0 Å². The molecule has 2 aromatic heterocycles. The van der Waals surface area contributed by atoms with Crippen LogP contribution < -0.4 is 11.3 Å². The highest BCUT2D eigenvalue weighted by molar-refractivity contribution is 5.87. The fourth-order valence-corrected chi connectivity index (χ4v) is 2.09. The minimum atomic E-state index is 0.115. The van der Waals surface area contributed by atoms with Gasteiger partial charge >= 0.3 is 0 Å². The van der Waals surface area contributed by atoms with Crippen LogP contribution in [0.15, 0.2) is 30.5 Å². The van der Waals surface area contributed by atoms with Gasteiger partial charge in [-0.05, 0) is 19.1 Å². The lowest BCUT2D eigenvalue weighted by Crippen LogP contribution is -2.11. The summed E-state index contributed by atoms with van der Waals surface area (Å²) in [5, 5.41) is 13.9. The molecule has 21 heavy (non-hydrogen) atoms. The van der Waals surface area contributed by atoms with E-state index < -0.39 is 0 Å². The van der Waals surface area contributed by atoms with Crippen molar-refractivity contribution in [2.75, 3.05) is 5.43 Å². The monoisotopic (exact) mass is 279 g/mol. The van der Waals surface area contributed by atoms with Crippen LogP contribution in [0.3, 0.4) is 0 Å². The molecule has 1 aromatic carbocycles. The van der Waals surface area contributed by atoms with E-state index in [1.807, 2.05) is 37.3 Å². The van der Waals surface area contributed by atoms with Gasteiger partial charge in [-0.25, -0.2) is 20.5 Å². The molecule has 0 atom stereocenters. The molecule has 0 aliphatic rings. The van der Waals surface area contributed by atoms with E-state index in [0.717, 1.165) is 5.69 Å². The van der Waals surface area contributed by atoms with E-state index in [9.17, 15) is 0 Å². The number of nitrogens with zero attached hydrogens (tertiary/aromatic N) is 5. The van der Waals surface area contributed by atoms with Gasteiger partial charge in [0.1, 0.15) is 5.82 Å². The van der Waals surface area contributed by atoms with Gasteiger partial charge in [-0.15, -0.1) is 0 Å². The lowest BCUT2D eigenvalue weighted by atomic mass is 10.2. The summed E-state index contributed by atoms with van der Waals surface area (Å²) in [7, 11) is 0. The number of benzene rings is 1. The quantitative estimate of drug-likeness (QED) is 0.555. The summed E-state index contributed by atoms with van der Waals surface area (Å²) in [6.45, 7) is 2.02. The number of nitrogen functional groups attached to an aromatic ring is 1. The van der Waals surface area contributed by atoms with Gasteiger partial charge in [0.25, 0.3) is 0 Å². The van der Waals surface area contributed by atoms with Gasteiger partial charge in [-0.3, -0.25) is 0 Å². The first-order chi connectivity index (χ1) is 10.2. The Hall–Kier alpha value is -2.98. The molecule has 104 valence electrons. The molecule has 0 radical (unpaired) electrons. The largest absolute Gasteiger partial charge is 0.308 e. The van der Waals surface area contributed by atoms with Crippen molar-refractivity contribution in [2.45, 2.75) is 13.3 Å². The van der Waals surface area contributed by atoms with Crippen LogP contribution in [0, 0.1) is 18.3 Å². The third-order valence-electron chi connectivity index (χ3n) is 3.13. The second-order valence-electron chi connectivity index (χ2n) is 4.60. The average molecular weight is 279 g/mol. The predicted molar refractivity (Wildman–Crippen MR) is 78.5 cm³/mol. The zero-order valence-corrected chi connectivity index (χ0v) is 11.4. The number of anilines is 1. The molecular formula is C14H13N7. The van der Waals surface area contributed by atoms with Crippen LogP contribution in [0.4, 0.5) is 5.82 Å². The number of hydrazine groups is 1. The molecule has 0 saturated heterocycles. The molecular weight excluding hydrogens is 266 g/mol. The summed E-state index contributed by atoms with van der Waals surface area (Å²) in [6, 6.07) is 9.96. The Kier molecular flexibility index (Phi) is 3.22. The first-order valence-electron chi connectivity index (χ1n) is 6.38. The van der Waals surface area contributed by atoms with Crippen molar-refractivity contribution in [1.29, 1.82) is 5.26 Å². The van der Waals surface area contributed by atoms with E-state index in [-0.39, 0.29) is 6.42 Å². The summed E-state index contributed by atoms with van der Waals surface area (Å²) in [4.78, 5) is 8.61. The molecule has 0 unspecified atom stereocenters. The molecule has 0 amide bonds. The standard InChI is InChI=1S/C14H13N7/c1-9-2-4-10(5-3-9)21-14-11(8-17-21)13(20-16)18-12(19-14)6-7-15/h2-5,8H,6,16H2,1H3,(H,18,19,20). The molecule has 7 nitrogen and oxygen atoms in total. The maximum absolute atomic E-state index is 8.82. The Morgan fingerprint density at radius 1 is 1.29 bits per heavy atom. The number of fused-ring (bicyclic) bond motifs is 1. The molecule has 3 N–H and O–H groups in total. The second-order valence-corrected chi connectivity index (χ2v) is 4.60. The number of hydrogen-bond donors (Lipinski definition) is 2. The molecule has 2 heterocycles. The van der Waals surface area contributed by atoms with Crippen LogP contribution in [0.5, 0.6) is 0 Å². The second kappa shape index (κ2) is 5.19. The topological polar surface area (TPSA) is 105 Å². The molecule has 3 rings (SSSR count). The smallest absolute Gasteiger partial charge is 0.168 e. The Balaban J connectivity index is 2.22. The highest BCUT2D eigenvalue weighted by Crippen LogP contribution is 2.22. The fourth-order valence-electron chi connectivity index (χ4n) is 2.09. The normalized spacial score (nSPS) is 10.5. The minimum absolute atomic E-state index is 0.115. The van der Waals surface area contributed by atoms with Crippen molar-refractivity contribution >= 4 is 16.9 Å². The number of hydrogen-bond acceptors (Lipinski definition) is 6. The number of aromatic nitrogens is 4. The third kappa shape index (κ3) is 2.28. The predicted octanol–water partition coefficient (Wildman–Crippen LogP) is 1.48. The van der Waals surface area contributed by atoms with Gasteiger partial charge in [0.2, 0.25) is 0 Å². The number of rotatable bonds is 3. The Labute approximate surface area is 121 Å². The first-order valence-corrected chi connectivity index (χ1v) is 6.38. The summed E-state index contributed by atoms with van der Waals surface area (Å²) < 4.78 is 1.71. The molecule has 7 heteroatoms. The average Bonchev–Trinajstić information content (AvgIpc) is 2.91. The Morgan fingerprint density at radius 2 is 2.05 bits per heavy atom. The molecule has 0 saturated carbocycles. The lowest BCUT2D eigenvalue weighted by molar-refractivity contribution is 0.884. The number of nitrogens with one attached hydrogen (secondary N) is 1. The van der Waals surface area contributed by atoms with Crippen LogP contribution in [0.1, 0.15) is 11.4 Å². The maximum atomic E-state index is 8.82. The Bertz CT molecular complexity index is 827. The summed E-state index contributed by atoms with van der Waals surface area (Å²) in [5.74, 6) is 6.36. The van der Waals surface area contributed by atoms with Gasteiger partial charge in [-0.1, -0.05) is 17.7 Å². The number of nitriles is 1. The van der Waals surface area contributed by atoms with Crippen LogP contribution in [-0.4, -0.2) is 19.7 Å². The van der Waals surface area contributed by atoms with Crippen LogP contribution >= 0.6 is 0 Å². The number of aryl methyl sites for hydroxylation is 1. The van der Waals surface area contributed by atoms with Crippen molar-refractivity contribution in [3.63, 3.8) is 0 Å². The zero-order valence-electron chi connectivity index (χ0n) is 11.4. The summed E-state index contributed by atoms with van der Waals surface area (Å²) in [6.07, 6.45) is 1.77. The highest BCUT2D eigenvalue weighted by Gasteiger charge is 2.13. The van der Waals surface area contributed by atoms with Crippen molar-refractivity contribution in [3.05, 3.63) is 41.9 Å². The van der Waals surface area contributed by atoms with E-state index in [4.69, 9.17) is 11.1 Å². The van der Waals surface area contributed by atoms with E-state index in [1.165, 1.54) is 5.56 Å². The van der Waals surface area contributed by atoms with Gasteiger partial charge in [0.15, 0.2) is 11.5 Å². The van der Waals surface area contributed by atoms with E-state index in [1.54, 1.807) is 10.9 Å². The highest BCUT2D eigenvalue weighted by atomic mass is 15.3. The molecule has 0 aliphatic heterocycles. The zero-order chi connectivity index (χ0) is 14.8. The van der Waals surface area contributed by atoms with Crippen LogP contribution in [-0.2, 0) is 6.42 Å². The summed E-state index contributed by atoms with van der Waals surface area (Å²) >= 11 is 0. The van der Waals surface area contributed by atoms with Crippen molar-refractivity contribution in [2.24, 2.45) is 5.84 Å². The van der Waals surface area contributed by atoms with Gasteiger partial charge in [0, 0.05) is 0 Å². The Morgan fingerprint density at radius 3 is 2.71 bits per heavy atom. The van der Waals surface area contributed by atoms with Crippen LogP contribution in [0.2, 0.25) is 0 Å². The molecule has 0 fully saturated rings. The number of nitrogens with two attached hydrogens (primary N) is 1. The maximum Gasteiger partial charge on any atom is 0.168 e. The minimum Gasteiger partial charge on any atom is -0.308 e. The lowest BCUT2D eigenvalue weighted by Gasteiger charge is -2.06. The van der Waals surface area contributed by atoms with Crippen LogP contribution in [0.25, 0.3) is 16.7 Å². The van der Waals surface area contributed by atoms with E-state index in [0.29, 0.717) is 22.7 Å². The van der Waals surface area contributed by atoms with Gasteiger partial charge in [0.05, 0.1) is 29.8 Å². The first kappa shape index (κ1) is 13.0. The van der Waals surface area contributed by atoms with Crippen molar-refractivity contribution in [3.8, 4) is 11.8 Å². The molecule has 0 spiro atoms. The molecule has 0 bridgehead atoms. The third-order valence-corrected chi connectivity index (χ3v) is 3.13. The summed E-state index contributed by atoms with van der Waals surface area (Å²) in [5.41, 5.74) is 5.20. The van der Waals surface area contributed by atoms with Gasteiger partial charge in [-0.2, -0.15) is 10.4 Å². The van der Waals surface area contributed by atoms with Crippen molar-refractivity contribution < 1.29 is 0 Å². The van der Waals surface area contributed by atoms with Gasteiger partial charge < -0.3 is 5.43 Å². The molecule has 0 aliphatic carbocycles.